The molecule has 84 valence electrons. The van der Waals surface area contributed by atoms with Gasteiger partial charge in [-0.3, -0.25) is 4.79 Å². The van der Waals surface area contributed by atoms with Gasteiger partial charge in [-0.1, -0.05) is 0 Å². The van der Waals surface area contributed by atoms with Crippen molar-refractivity contribution >= 4 is 27.3 Å². The van der Waals surface area contributed by atoms with Crippen LogP contribution in [0.4, 0.5) is 0 Å². The Labute approximate surface area is 97.7 Å². The summed E-state index contributed by atoms with van der Waals surface area (Å²) in [6.45, 7) is 4.37. The van der Waals surface area contributed by atoms with Gasteiger partial charge in [0, 0.05) is 11.2 Å². The third-order valence-corrected chi connectivity index (χ3v) is 3.60. The van der Waals surface area contributed by atoms with E-state index in [9.17, 15) is 9.90 Å². The minimum atomic E-state index is -0.0532. The maximum atomic E-state index is 11.6. The molecule has 0 unspecified atom stereocenters. The van der Waals surface area contributed by atoms with Crippen LogP contribution in [0.1, 0.15) is 22.2 Å². The van der Waals surface area contributed by atoms with Crippen LogP contribution in [-0.4, -0.2) is 17.6 Å². The molecule has 0 spiro atoms. The minimum absolute atomic E-state index is 0.0532. The summed E-state index contributed by atoms with van der Waals surface area (Å²) in [4.78, 5) is 12.3. The van der Waals surface area contributed by atoms with Crippen LogP contribution in [0.3, 0.4) is 0 Å². The molecule has 2 aromatic rings. The molecular weight excluding hydrogens is 222 g/mol. The SMILES string of the molecule is CCNC(=O)c1cc2c(C)c(O)ccc2s1. The molecule has 0 bridgehead atoms. The number of rotatable bonds is 2. The fraction of sp³-hybridized carbons (Fsp3) is 0.250. The van der Waals surface area contributed by atoms with Gasteiger partial charge in [0.2, 0.25) is 0 Å². The monoisotopic (exact) mass is 235 g/mol. The van der Waals surface area contributed by atoms with E-state index >= 15 is 0 Å². The molecule has 1 amide bonds. The molecule has 0 saturated heterocycles. The number of aromatic hydroxyl groups is 1. The molecule has 2 rings (SSSR count). The third-order valence-electron chi connectivity index (χ3n) is 2.50. The Morgan fingerprint density at radius 3 is 2.94 bits per heavy atom. The summed E-state index contributed by atoms with van der Waals surface area (Å²) in [5.41, 5.74) is 0.823. The highest BCUT2D eigenvalue weighted by Gasteiger charge is 2.11. The lowest BCUT2D eigenvalue weighted by atomic mass is 10.1. The van der Waals surface area contributed by atoms with Crippen molar-refractivity contribution in [2.45, 2.75) is 13.8 Å². The van der Waals surface area contributed by atoms with Gasteiger partial charge in [-0.05, 0) is 43.0 Å². The van der Waals surface area contributed by atoms with E-state index in [0.29, 0.717) is 11.4 Å². The fourth-order valence-electron chi connectivity index (χ4n) is 1.60. The first kappa shape index (κ1) is 11.0. The molecule has 2 N–H and O–H groups in total. The number of nitrogens with one attached hydrogen (secondary N) is 1. The topological polar surface area (TPSA) is 49.3 Å². The third kappa shape index (κ3) is 1.76. The van der Waals surface area contributed by atoms with Crippen LogP contribution in [0.5, 0.6) is 5.75 Å². The lowest BCUT2D eigenvalue weighted by Gasteiger charge is -1.98. The molecule has 3 nitrogen and oxygen atoms in total. The van der Waals surface area contributed by atoms with Crippen LogP contribution in [0.15, 0.2) is 18.2 Å². The van der Waals surface area contributed by atoms with Gasteiger partial charge in [0.25, 0.3) is 5.91 Å². The molecule has 4 heteroatoms. The average molecular weight is 235 g/mol. The lowest BCUT2D eigenvalue weighted by molar-refractivity contribution is 0.0960. The highest BCUT2D eigenvalue weighted by atomic mass is 32.1. The Hall–Kier alpha value is -1.55. The number of carbonyl (C=O) groups is 1. The van der Waals surface area contributed by atoms with Crippen molar-refractivity contribution in [3.05, 3.63) is 28.6 Å². The maximum absolute atomic E-state index is 11.6. The zero-order chi connectivity index (χ0) is 11.7. The average Bonchev–Trinajstić information content (AvgIpc) is 2.69. The lowest BCUT2D eigenvalue weighted by Crippen LogP contribution is -2.21. The van der Waals surface area contributed by atoms with Crippen molar-refractivity contribution in [2.75, 3.05) is 6.54 Å². The number of hydrogen-bond donors (Lipinski definition) is 2. The molecule has 1 aromatic carbocycles. The van der Waals surface area contributed by atoms with Crippen molar-refractivity contribution in [2.24, 2.45) is 0 Å². The molecule has 1 heterocycles. The summed E-state index contributed by atoms with van der Waals surface area (Å²) in [6, 6.07) is 5.33. The van der Waals surface area contributed by atoms with Crippen molar-refractivity contribution < 1.29 is 9.90 Å². The first-order chi connectivity index (χ1) is 7.63. The molecule has 0 aliphatic carbocycles. The van der Waals surface area contributed by atoms with Crippen molar-refractivity contribution in [3.63, 3.8) is 0 Å². The number of amides is 1. The zero-order valence-electron chi connectivity index (χ0n) is 9.20. The smallest absolute Gasteiger partial charge is 0.261 e. The van der Waals surface area contributed by atoms with Gasteiger partial charge in [0.15, 0.2) is 0 Å². The first-order valence-electron chi connectivity index (χ1n) is 5.13. The second kappa shape index (κ2) is 4.14. The van der Waals surface area contributed by atoms with Crippen LogP contribution in [0.2, 0.25) is 0 Å². The normalized spacial score (nSPS) is 10.6. The molecule has 1 aromatic heterocycles. The second-order valence-electron chi connectivity index (χ2n) is 3.59. The quantitative estimate of drug-likeness (QED) is 0.840. The summed E-state index contributed by atoms with van der Waals surface area (Å²) in [5, 5.41) is 13.3. The van der Waals surface area contributed by atoms with Gasteiger partial charge < -0.3 is 10.4 Å². The fourth-order valence-corrected chi connectivity index (χ4v) is 2.64. The molecule has 0 atom stereocenters. The van der Waals surface area contributed by atoms with E-state index in [-0.39, 0.29) is 11.7 Å². The predicted molar refractivity (Wildman–Crippen MR) is 66.2 cm³/mol. The minimum Gasteiger partial charge on any atom is -0.508 e. The van der Waals surface area contributed by atoms with Crippen molar-refractivity contribution in [1.82, 2.24) is 5.32 Å². The van der Waals surface area contributed by atoms with Crippen LogP contribution in [0, 0.1) is 6.92 Å². The standard InChI is InChI=1S/C12H13NO2S/c1-3-13-12(15)11-6-8-7(2)9(14)4-5-10(8)16-11/h4-6,14H,3H2,1-2H3,(H,13,15). The number of benzene rings is 1. The van der Waals surface area contributed by atoms with Gasteiger partial charge in [-0.15, -0.1) is 11.3 Å². The number of phenolic OH excluding ortho intramolecular Hbond substituents is 1. The van der Waals surface area contributed by atoms with Gasteiger partial charge in [0.1, 0.15) is 5.75 Å². The largest absolute Gasteiger partial charge is 0.508 e. The van der Waals surface area contributed by atoms with Gasteiger partial charge in [0.05, 0.1) is 4.88 Å². The van der Waals surface area contributed by atoms with E-state index in [1.54, 1.807) is 6.07 Å². The first-order valence-corrected chi connectivity index (χ1v) is 5.95. The van der Waals surface area contributed by atoms with Gasteiger partial charge in [-0.2, -0.15) is 0 Å². The highest BCUT2D eigenvalue weighted by molar-refractivity contribution is 7.20. The van der Waals surface area contributed by atoms with Crippen LogP contribution in [0.25, 0.3) is 10.1 Å². The van der Waals surface area contributed by atoms with Crippen molar-refractivity contribution in [3.8, 4) is 5.75 Å². The molecule has 0 aliphatic rings. The van der Waals surface area contributed by atoms with Crippen LogP contribution >= 0.6 is 11.3 Å². The second-order valence-corrected chi connectivity index (χ2v) is 4.68. The Balaban J connectivity index is 2.52. The van der Waals surface area contributed by atoms with Crippen LogP contribution in [-0.2, 0) is 0 Å². The van der Waals surface area contributed by atoms with E-state index in [4.69, 9.17) is 0 Å². The summed E-state index contributed by atoms with van der Waals surface area (Å²) in [5.74, 6) is 0.218. The zero-order valence-corrected chi connectivity index (χ0v) is 10.0. The van der Waals surface area contributed by atoms with E-state index in [2.05, 4.69) is 5.32 Å². The number of thiophene rings is 1. The molecular formula is C12H13NO2S. The Morgan fingerprint density at radius 1 is 1.50 bits per heavy atom. The predicted octanol–water partition coefficient (Wildman–Crippen LogP) is 2.67. The molecule has 16 heavy (non-hydrogen) atoms. The van der Waals surface area contributed by atoms with Gasteiger partial charge >= 0.3 is 0 Å². The van der Waals surface area contributed by atoms with Gasteiger partial charge in [-0.25, -0.2) is 0 Å². The molecule has 0 radical (unpaired) electrons. The Kier molecular flexibility index (Phi) is 2.83. The number of carbonyl (C=O) groups excluding carboxylic acids is 1. The summed E-state index contributed by atoms with van der Waals surface area (Å²) in [6.07, 6.45) is 0. The Morgan fingerprint density at radius 2 is 2.25 bits per heavy atom. The number of hydrogen-bond acceptors (Lipinski definition) is 3. The van der Waals surface area contributed by atoms with E-state index in [0.717, 1.165) is 15.6 Å². The summed E-state index contributed by atoms with van der Waals surface area (Å²) < 4.78 is 1.02. The van der Waals surface area contributed by atoms with Crippen LogP contribution < -0.4 is 5.32 Å². The number of aryl methyl sites for hydroxylation is 1. The summed E-state index contributed by atoms with van der Waals surface area (Å²) >= 11 is 1.45. The van der Waals surface area contributed by atoms with E-state index < -0.39 is 0 Å². The summed E-state index contributed by atoms with van der Waals surface area (Å²) in [7, 11) is 0. The maximum Gasteiger partial charge on any atom is 0.261 e. The van der Waals surface area contributed by atoms with E-state index in [1.807, 2.05) is 26.0 Å². The number of fused-ring (bicyclic) bond motifs is 1. The molecule has 0 aliphatic heterocycles. The molecule has 0 saturated carbocycles. The van der Waals surface area contributed by atoms with Crippen molar-refractivity contribution in [1.29, 1.82) is 0 Å². The Bertz CT molecular complexity index is 545. The number of phenols is 1. The highest BCUT2D eigenvalue weighted by Crippen LogP contribution is 2.32. The van der Waals surface area contributed by atoms with E-state index in [1.165, 1.54) is 11.3 Å². The molecule has 0 fully saturated rings.